The molecule has 0 saturated heterocycles. The Morgan fingerprint density at radius 1 is 1.37 bits per heavy atom. The predicted octanol–water partition coefficient (Wildman–Crippen LogP) is 3.30. The third-order valence-corrected chi connectivity index (χ3v) is 4.63. The van der Waals surface area contributed by atoms with Crippen LogP contribution in [0.2, 0.25) is 5.02 Å². The molecule has 0 aliphatic rings. The van der Waals surface area contributed by atoms with Crippen LogP contribution >= 0.6 is 23.4 Å². The molecule has 1 N–H and O–H groups in total. The Balaban J connectivity index is 2.73. The number of aromatic nitrogens is 2. The summed E-state index contributed by atoms with van der Waals surface area (Å²) in [7, 11) is 1.99. The van der Waals surface area contributed by atoms with Crippen molar-refractivity contribution in [1.82, 2.24) is 15.1 Å². The van der Waals surface area contributed by atoms with Gasteiger partial charge in [0.15, 0.2) is 0 Å². The number of rotatable bonds is 9. The number of hydrogen-bond acceptors (Lipinski definition) is 3. The molecule has 5 heteroatoms. The monoisotopic (exact) mass is 303 g/mol. The lowest BCUT2D eigenvalue weighted by atomic mass is 10.1. The number of thioether (sulfide) groups is 1. The maximum absolute atomic E-state index is 6.42. The first-order valence-electron chi connectivity index (χ1n) is 7.15. The van der Waals surface area contributed by atoms with E-state index >= 15 is 0 Å². The molecule has 1 atom stereocenters. The normalized spacial score (nSPS) is 12.9. The van der Waals surface area contributed by atoms with Crippen molar-refractivity contribution in [1.29, 1.82) is 0 Å². The van der Waals surface area contributed by atoms with Gasteiger partial charge in [0.1, 0.15) is 0 Å². The molecule has 110 valence electrons. The minimum Gasteiger partial charge on any atom is -0.313 e. The Morgan fingerprint density at radius 2 is 2.11 bits per heavy atom. The molecule has 19 heavy (non-hydrogen) atoms. The maximum Gasteiger partial charge on any atom is 0.0850 e. The van der Waals surface area contributed by atoms with Gasteiger partial charge < -0.3 is 5.32 Å². The van der Waals surface area contributed by atoms with Gasteiger partial charge in [-0.25, -0.2) is 0 Å². The van der Waals surface area contributed by atoms with E-state index in [4.69, 9.17) is 11.6 Å². The lowest BCUT2D eigenvalue weighted by molar-refractivity contribution is 0.531. The van der Waals surface area contributed by atoms with Gasteiger partial charge in [0.05, 0.1) is 16.4 Å². The molecular formula is C14H26ClN3S. The van der Waals surface area contributed by atoms with Crippen molar-refractivity contribution in [2.75, 3.05) is 18.1 Å². The average Bonchev–Trinajstić information content (AvgIpc) is 2.68. The topological polar surface area (TPSA) is 29.9 Å². The molecule has 0 radical (unpaired) electrons. The van der Waals surface area contributed by atoms with Crippen LogP contribution in [0.4, 0.5) is 0 Å². The van der Waals surface area contributed by atoms with Gasteiger partial charge in [-0.1, -0.05) is 32.4 Å². The summed E-state index contributed by atoms with van der Waals surface area (Å²) < 4.78 is 1.94. The van der Waals surface area contributed by atoms with Crippen LogP contribution < -0.4 is 5.32 Å². The van der Waals surface area contributed by atoms with Crippen LogP contribution in [0.5, 0.6) is 0 Å². The van der Waals surface area contributed by atoms with Gasteiger partial charge in [-0.3, -0.25) is 4.68 Å². The first-order valence-corrected chi connectivity index (χ1v) is 8.68. The van der Waals surface area contributed by atoms with Crippen molar-refractivity contribution in [3.8, 4) is 0 Å². The molecule has 0 saturated carbocycles. The number of aryl methyl sites for hydroxylation is 2. The molecule has 3 nitrogen and oxygen atoms in total. The van der Waals surface area contributed by atoms with Gasteiger partial charge in [-0.05, 0) is 25.1 Å². The van der Waals surface area contributed by atoms with E-state index in [0.29, 0.717) is 6.04 Å². The molecule has 0 aliphatic heterocycles. The Bertz CT molecular complexity index is 371. The fraction of sp³-hybridized carbons (Fsp3) is 0.786. The van der Waals surface area contributed by atoms with Crippen molar-refractivity contribution >= 4 is 23.4 Å². The largest absolute Gasteiger partial charge is 0.313 e. The van der Waals surface area contributed by atoms with Crippen molar-refractivity contribution in [2.24, 2.45) is 7.05 Å². The fourth-order valence-corrected chi connectivity index (χ4v) is 3.20. The first-order chi connectivity index (χ1) is 9.13. The molecule has 0 aliphatic carbocycles. The van der Waals surface area contributed by atoms with E-state index < -0.39 is 0 Å². The van der Waals surface area contributed by atoms with Crippen LogP contribution in [0.1, 0.15) is 38.6 Å². The van der Waals surface area contributed by atoms with Crippen LogP contribution in [0.15, 0.2) is 0 Å². The number of hydrogen-bond donors (Lipinski definition) is 1. The summed E-state index contributed by atoms with van der Waals surface area (Å²) in [4.78, 5) is 0. The zero-order valence-electron chi connectivity index (χ0n) is 12.5. The highest BCUT2D eigenvalue weighted by atomic mass is 35.5. The van der Waals surface area contributed by atoms with Gasteiger partial charge in [0.25, 0.3) is 0 Å². The van der Waals surface area contributed by atoms with Crippen LogP contribution in [0.3, 0.4) is 0 Å². The minimum atomic E-state index is 0.475. The Kier molecular flexibility index (Phi) is 7.88. The van der Waals surface area contributed by atoms with Crippen LogP contribution in [0.25, 0.3) is 0 Å². The van der Waals surface area contributed by atoms with Gasteiger partial charge in [0, 0.05) is 25.3 Å². The van der Waals surface area contributed by atoms with E-state index in [0.717, 1.165) is 53.7 Å². The molecular weight excluding hydrogens is 278 g/mol. The molecule has 0 bridgehead atoms. The highest BCUT2D eigenvalue weighted by molar-refractivity contribution is 7.99. The molecule has 0 spiro atoms. The van der Waals surface area contributed by atoms with Crippen molar-refractivity contribution in [3.63, 3.8) is 0 Å². The van der Waals surface area contributed by atoms with Crippen molar-refractivity contribution in [3.05, 3.63) is 16.4 Å². The summed E-state index contributed by atoms with van der Waals surface area (Å²) in [6.45, 7) is 7.56. The quantitative estimate of drug-likeness (QED) is 0.759. The molecule has 1 rings (SSSR count). The van der Waals surface area contributed by atoms with Crippen molar-refractivity contribution < 1.29 is 0 Å². The Morgan fingerprint density at radius 3 is 2.63 bits per heavy atom. The van der Waals surface area contributed by atoms with E-state index in [-0.39, 0.29) is 0 Å². The molecule has 0 fully saturated rings. The lowest BCUT2D eigenvalue weighted by Gasteiger charge is -2.18. The molecule has 1 aromatic heterocycles. The zero-order valence-corrected chi connectivity index (χ0v) is 14.1. The van der Waals surface area contributed by atoms with Gasteiger partial charge in [-0.15, -0.1) is 0 Å². The predicted molar refractivity (Wildman–Crippen MR) is 86.4 cm³/mol. The molecule has 1 unspecified atom stereocenters. The standard InChI is InChI=1S/C14H26ClN3S/c1-5-8-16-11(10-19-7-3)9-13-14(15)12(6-2)17-18(13)4/h11,16H,5-10H2,1-4H3. The number of nitrogens with zero attached hydrogens (tertiary/aromatic N) is 2. The number of halogens is 1. The lowest BCUT2D eigenvalue weighted by Crippen LogP contribution is -2.34. The maximum atomic E-state index is 6.42. The summed E-state index contributed by atoms with van der Waals surface area (Å²) in [6.07, 6.45) is 3.01. The Hall–Kier alpha value is -0.190. The molecule has 1 aromatic rings. The van der Waals surface area contributed by atoms with E-state index in [9.17, 15) is 0 Å². The second-order valence-corrected chi connectivity index (χ2v) is 6.40. The summed E-state index contributed by atoms with van der Waals surface area (Å²) in [5.41, 5.74) is 2.17. The second-order valence-electron chi connectivity index (χ2n) is 4.70. The zero-order chi connectivity index (χ0) is 14.3. The van der Waals surface area contributed by atoms with E-state index in [2.05, 4.69) is 31.2 Å². The minimum absolute atomic E-state index is 0.475. The van der Waals surface area contributed by atoms with Gasteiger partial charge in [0.2, 0.25) is 0 Å². The third-order valence-electron chi connectivity index (χ3n) is 3.15. The van der Waals surface area contributed by atoms with E-state index in [1.165, 1.54) is 0 Å². The molecule has 0 amide bonds. The van der Waals surface area contributed by atoms with Crippen LogP contribution in [0, 0.1) is 0 Å². The third kappa shape index (κ3) is 5.01. The SMILES string of the molecule is CCCNC(CSCC)Cc1c(Cl)c(CC)nn1C. The van der Waals surface area contributed by atoms with E-state index in [1.807, 2.05) is 23.5 Å². The van der Waals surface area contributed by atoms with Gasteiger partial charge >= 0.3 is 0 Å². The molecule has 0 aromatic carbocycles. The van der Waals surface area contributed by atoms with Gasteiger partial charge in [-0.2, -0.15) is 16.9 Å². The summed E-state index contributed by atoms with van der Waals surface area (Å²) in [5.74, 6) is 2.28. The fourth-order valence-electron chi connectivity index (χ4n) is 2.07. The van der Waals surface area contributed by atoms with Crippen molar-refractivity contribution in [2.45, 2.75) is 46.1 Å². The number of nitrogens with one attached hydrogen (secondary N) is 1. The first kappa shape index (κ1) is 16.9. The smallest absolute Gasteiger partial charge is 0.0850 e. The second kappa shape index (κ2) is 8.88. The van der Waals surface area contributed by atoms with Crippen LogP contribution in [-0.4, -0.2) is 33.9 Å². The van der Waals surface area contributed by atoms with Crippen LogP contribution in [-0.2, 0) is 19.9 Å². The van der Waals surface area contributed by atoms with E-state index in [1.54, 1.807) is 0 Å². The average molecular weight is 304 g/mol. The summed E-state index contributed by atoms with van der Waals surface area (Å²) in [6, 6.07) is 0.475. The molecule has 1 heterocycles. The Labute approximate surface area is 126 Å². The highest BCUT2D eigenvalue weighted by Gasteiger charge is 2.17. The summed E-state index contributed by atoms with van der Waals surface area (Å²) >= 11 is 8.40. The summed E-state index contributed by atoms with van der Waals surface area (Å²) in [5, 5.41) is 8.96. The highest BCUT2D eigenvalue weighted by Crippen LogP contribution is 2.22.